The summed E-state index contributed by atoms with van der Waals surface area (Å²) in [6.45, 7) is 7.72. The van der Waals surface area contributed by atoms with Gasteiger partial charge in [0, 0.05) is 19.0 Å². The Hall–Kier alpha value is -2.13. The number of H-pyrrole nitrogens is 1. The summed E-state index contributed by atoms with van der Waals surface area (Å²) in [5.41, 5.74) is 6.44. The average Bonchev–Trinajstić information content (AvgIpc) is 3.03. The van der Waals surface area contributed by atoms with Crippen molar-refractivity contribution in [3.05, 3.63) is 65.0 Å². The Morgan fingerprint density at radius 2 is 2.04 bits per heavy atom. The fraction of sp³-hybridized carbons (Fsp3) is 0.381. The van der Waals surface area contributed by atoms with Crippen molar-refractivity contribution in [3.8, 4) is 0 Å². The maximum atomic E-state index is 4.83. The summed E-state index contributed by atoms with van der Waals surface area (Å²) < 4.78 is 0. The van der Waals surface area contributed by atoms with Crippen molar-refractivity contribution in [3.63, 3.8) is 0 Å². The molecule has 3 heteroatoms. The van der Waals surface area contributed by atoms with E-state index in [0.29, 0.717) is 5.92 Å². The zero-order chi connectivity index (χ0) is 16.5. The maximum Gasteiger partial charge on any atom is 0.111 e. The first kappa shape index (κ1) is 15.4. The molecule has 3 nitrogen and oxygen atoms in total. The van der Waals surface area contributed by atoms with Crippen LogP contribution in [0.25, 0.3) is 11.0 Å². The van der Waals surface area contributed by atoms with Gasteiger partial charge in [-0.05, 0) is 56.5 Å². The predicted molar refractivity (Wildman–Crippen MR) is 99.3 cm³/mol. The smallest absolute Gasteiger partial charge is 0.111 e. The molecule has 2 aromatic carbocycles. The number of piperidine rings is 1. The number of imidazole rings is 1. The zero-order valence-electron chi connectivity index (χ0n) is 14.5. The van der Waals surface area contributed by atoms with Crippen LogP contribution in [-0.2, 0) is 6.54 Å². The van der Waals surface area contributed by atoms with Crippen LogP contribution < -0.4 is 0 Å². The van der Waals surface area contributed by atoms with Crippen LogP contribution in [0.2, 0.25) is 0 Å². The van der Waals surface area contributed by atoms with Gasteiger partial charge in [-0.3, -0.25) is 4.90 Å². The number of nitrogens with zero attached hydrogens (tertiary/aromatic N) is 2. The van der Waals surface area contributed by atoms with Gasteiger partial charge in [-0.1, -0.05) is 35.9 Å². The molecule has 124 valence electrons. The quantitative estimate of drug-likeness (QED) is 0.767. The molecule has 1 saturated heterocycles. The Balaban J connectivity index is 1.52. The Kier molecular flexibility index (Phi) is 4.11. The third-order valence-electron chi connectivity index (χ3n) is 5.20. The minimum absolute atomic E-state index is 0.510. The standard InChI is InChI=1S/C21H25N3/c1-15-9-10-16(2)18(12-15)14-24-11-5-6-17(13-24)21-22-19-7-3-4-8-20(19)23-21/h3-4,7-10,12,17H,5-6,11,13-14H2,1-2H3,(H,22,23)/t17-/m0/s1. The van der Waals surface area contributed by atoms with Crippen LogP contribution in [0.5, 0.6) is 0 Å². The van der Waals surface area contributed by atoms with E-state index in [9.17, 15) is 0 Å². The van der Waals surface area contributed by atoms with Crippen molar-refractivity contribution in [2.75, 3.05) is 13.1 Å². The largest absolute Gasteiger partial charge is 0.342 e. The van der Waals surface area contributed by atoms with Crippen molar-refractivity contribution < 1.29 is 0 Å². The Bertz CT molecular complexity index is 816. The zero-order valence-corrected chi connectivity index (χ0v) is 14.5. The van der Waals surface area contributed by atoms with Crippen molar-refractivity contribution in [1.82, 2.24) is 14.9 Å². The Morgan fingerprint density at radius 3 is 2.92 bits per heavy atom. The molecule has 1 aromatic heterocycles. The highest BCUT2D eigenvalue weighted by atomic mass is 15.1. The number of nitrogens with one attached hydrogen (secondary N) is 1. The average molecular weight is 319 g/mol. The lowest BCUT2D eigenvalue weighted by Crippen LogP contribution is -2.34. The van der Waals surface area contributed by atoms with E-state index in [1.165, 1.54) is 36.1 Å². The predicted octanol–water partition coefficient (Wildman–Crippen LogP) is 4.56. The highest BCUT2D eigenvalue weighted by Crippen LogP contribution is 2.28. The summed E-state index contributed by atoms with van der Waals surface area (Å²) in [7, 11) is 0. The van der Waals surface area contributed by atoms with Gasteiger partial charge in [0.1, 0.15) is 5.82 Å². The van der Waals surface area contributed by atoms with Crippen molar-refractivity contribution in [2.24, 2.45) is 0 Å². The van der Waals surface area contributed by atoms with E-state index >= 15 is 0 Å². The molecule has 24 heavy (non-hydrogen) atoms. The highest BCUT2D eigenvalue weighted by Gasteiger charge is 2.24. The molecule has 1 N–H and O–H groups in total. The van der Waals surface area contributed by atoms with Gasteiger partial charge < -0.3 is 4.98 Å². The lowest BCUT2D eigenvalue weighted by atomic mass is 9.96. The summed E-state index contributed by atoms with van der Waals surface area (Å²) in [6.07, 6.45) is 2.47. The van der Waals surface area contributed by atoms with Gasteiger partial charge in [0.2, 0.25) is 0 Å². The molecule has 0 aliphatic carbocycles. The Morgan fingerprint density at radius 1 is 1.17 bits per heavy atom. The molecule has 1 aliphatic rings. The number of likely N-dealkylation sites (tertiary alicyclic amines) is 1. The van der Waals surface area contributed by atoms with Gasteiger partial charge >= 0.3 is 0 Å². The second-order valence-corrected chi connectivity index (χ2v) is 7.14. The first-order chi connectivity index (χ1) is 11.7. The molecule has 1 aliphatic heterocycles. The molecule has 0 amide bonds. The molecule has 0 bridgehead atoms. The van der Waals surface area contributed by atoms with Crippen LogP contribution in [0.4, 0.5) is 0 Å². The number of hydrogen-bond donors (Lipinski definition) is 1. The normalized spacial score (nSPS) is 19.0. The maximum absolute atomic E-state index is 4.83. The van der Waals surface area contributed by atoms with Gasteiger partial charge in [-0.15, -0.1) is 0 Å². The van der Waals surface area contributed by atoms with Crippen LogP contribution >= 0.6 is 0 Å². The van der Waals surface area contributed by atoms with Crippen molar-refractivity contribution in [2.45, 2.75) is 39.2 Å². The summed E-state index contributed by atoms with van der Waals surface area (Å²) >= 11 is 0. The van der Waals surface area contributed by atoms with Crippen LogP contribution in [0.3, 0.4) is 0 Å². The second-order valence-electron chi connectivity index (χ2n) is 7.14. The van der Waals surface area contributed by atoms with Gasteiger partial charge in [0.15, 0.2) is 0 Å². The summed E-state index contributed by atoms with van der Waals surface area (Å²) in [4.78, 5) is 10.9. The molecule has 0 unspecified atom stereocenters. The number of para-hydroxylation sites is 2. The number of fused-ring (bicyclic) bond motifs is 1. The number of aryl methyl sites for hydroxylation is 2. The SMILES string of the molecule is Cc1ccc(C)c(CN2CCC[C@H](c3nc4ccccc4[nH]3)C2)c1. The topological polar surface area (TPSA) is 31.9 Å². The first-order valence-corrected chi connectivity index (χ1v) is 8.92. The number of hydrogen-bond acceptors (Lipinski definition) is 2. The van der Waals surface area contributed by atoms with E-state index in [4.69, 9.17) is 4.98 Å². The van der Waals surface area contributed by atoms with E-state index in [0.717, 1.165) is 29.9 Å². The molecule has 2 heterocycles. The minimum Gasteiger partial charge on any atom is -0.342 e. The minimum atomic E-state index is 0.510. The van der Waals surface area contributed by atoms with E-state index in [-0.39, 0.29) is 0 Å². The van der Waals surface area contributed by atoms with Gasteiger partial charge in [0.05, 0.1) is 11.0 Å². The molecule has 1 fully saturated rings. The Labute approximate surface area is 143 Å². The molecule has 1 atom stereocenters. The van der Waals surface area contributed by atoms with Crippen LogP contribution in [0, 0.1) is 13.8 Å². The third-order valence-corrected chi connectivity index (χ3v) is 5.20. The number of benzene rings is 2. The van der Waals surface area contributed by atoms with Gasteiger partial charge in [-0.2, -0.15) is 0 Å². The van der Waals surface area contributed by atoms with Crippen molar-refractivity contribution >= 4 is 11.0 Å². The monoisotopic (exact) mass is 319 g/mol. The van der Waals surface area contributed by atoms with Gasteiger partial charge in [0.25, 0.3) is 0 Å². The molecule has 0 saturated carbocycles. The van der Waals surface area contributed by atoms with Crippen LogP contribution in [0.15, 0.2) is 42.5 Å². The molecule has 3 aromatic rings. The van der Waals surface area contributed by atoms with E-state index in [2.05, 4.69) is 66.2 Å². The highest BCUT2D eigenvalue weighted by molar-refractivity contribution is 5.74. The van der Waals surface area contributed by atoms with Gasteiger partial charge in [-0.25, -0.2) is 4.98 Å². The van der Waals surface area contributed by atoms with E-state index in [1.807, 2.05) is 0 Å². The summed E-state index contributed by atoms with van der Waals surface area (Å²) in [6, 6.07) is 15.1. The summed E-state index contributed by atoms with van der Waals surface area (Å²) in [5.74, 6) is 1.66. The van der Waals surface area contributed by atoms with E-state index < -0.39 is 0 Å². The first-order valence-electron chi connectivity index (χ1n) is 8.92. The third kappa shape index (κ3) is 3.09. The molecule has 4 rings (SSSR count). The van der Waals surface area contributed by atoms with Crippen molar-refractivity contribution in [1.29, 1.82) is 0 Å². The van der Waals surface area contributed by atoms with E-state index in [1.54, 1.807) is 0 Å². The fourth-order valence-electron chi connectivity index (χ4n) is 3.80. The van der Waals surface area contributed by atoms with Crippen LogP contribution in [0.1, 0.15) is 41.3 Å². The lowest BCUT2D eigenvalue weighted by Gasteiger charge is -2.32. The number of aromatic amines is 1. The second kappa shape index (κ2) is 6.40. The summed E-state index contributed by atoms with van der Waals surface area (Å²) in [5, 5.41) is 0. The molecule has 0 radical (unpaired) electrons. The lowest BCUT2D eigenvalue weighted by molar-refractivity contribution is 0.197. The fourth-order valence-corrected chi connectivity index (χ4v) is 3.80. The molecule has 0 spiro atoms. The number of rotatable bonds is 3. The molecular weight excluding hydrogens is 294 g/mol. The van der Waals surface area contributed by atoms with Crippen LogP contribution in [-0.4, -0.2) is 28.0 Å². The molecular formula is C21H25N3. The number of aromatic nitrogens is 2.